The van der Waals surface area contributed by atoms with E-state index in [0.29, 0.717) is 18.8 Å². The monoisotopic (exact) mass is 232 g/mol. The van der Waals surface area contributed by atoms with Crippen LogP contribution in [0.15, 0.2) is 30.3 Å². The Hall–Kier alpha value is -1.64. The molecule has 1 saturated carbocycles. The zero-order valence-corrected chi connectivity index (χ0v) is 9.89. The minimum absolute atomic E-state index is 0.0485. The molecule has 0 aliphatic heterocycles. The molecule has 0 radical (unpaired) electrons. The molecule has 2 atom stereocenters. The molecule has 1 aromatic rings. The third kappa shape index (κ3) is 2.93. The molecule has 1 aromatic carbocycles. The lowest BCUT2D eigenvalue weighted by molar-refractivity contribution is -0.155. The number of hydrogen-bond acceptors (Lipinski definition) is 3. The topological polar surface area (TPSA) is 43.4 Å². The standard InChI is InChI=1S/C14H16O3/c1-10(15)17-14-9-12(7-8-13(14)16)11-5-3-2-4-6-11/h2-6,12,14H,7-9H2,1H3. The fourth-order valence-corrected chi connectivity index (χ4v) is 2.33. The van der Waals surface area contributed by atoms with Gasteiger partial charge in [0.15, 0.2) is 11.9 Å². The first-order chi connectivity index (χ1) is 8.16. The average Bonchev–Trinajstić information content (AvgIpc) is 2.32. The second-order valence-corrected chi connectivity index (χ2v) is 4.45. The number of Topliss-reactive ketones (excluding diaryl/α,β-unsaturated/α-hetero) is 1. The molecular weight excluding hydrogens is 216 g/mol. The first-order valence-electron chi connectivity index (χ1n) is 5.91. The molecule has 1 fully saturated rings. The molecule has 0 aromatic heterocycles. The highest BCUT2D eigenvalue weighted by atomic mass is 16.5. The summed E-state index contributed by atoms with van der Waals surface area (Å²) in [6.45, 7) is 1.35. The van der Waals surface area contributed by atoms with Crippen molar-refractivity contribution in [1.82, 2.24) is 0 Å². The summed E-state index contributed by atoms with van der Waals surface area (Å²) < 4.78 is 5.07. The summed E-state index contributed by atoms with van der Waals surface area (Å²) in [7, 11) is 0. The first kappa shape index (κ1) is 11.8. The Morgan fingerprint density at radius 1 is 1.29 bits per heavy atom. The van der Waals surface area contributed by atoms with Gasteiger partial charge in [0.05, 0.1) is 0 Å². The summed E-state index contributed by atoms with van der Waals surface area (Å²) in [5.74, 6) is -0.0114. The van der Waals surface area contributed by atoms with Gasteiger partial charge in [-0.15, -0.1) is 0 Å². The van der Waals surface area contributed by atoms with Gasteiger partial charge in [0, 0.05) is 13.3 Å². The van der Waals surface area contributed by atoms with E-state index in [0.717, 1.165) is 6.42 Å². The summed E-state index contributed by atoms with van der Waals surface area (Å²) in [5.41, 5.74) is 1.22. The van der Waals surface area contributed by atoms with E-state index in [1.807, 2.05) is 18.2 Å². The number of ether oxygens (including phenoxy) is 1. The van der Waals surface area contributed by atoms with Gasteiger partial charge in [-0.2, -0.15) is 0 Å². The van der Waals surface area contributed by atoms with Crippen molar-refractivity contribution in [1.29, 1.82) is 0 Å². The molecule has 3 heteroatoms. The van der Waals surface area contributed by atoms with Crippen molar-refractivity contribution in [2.45, 2.75) is 38.2 Å². The highest BCUT2D eigenvalue weighted by Crippen LogP contribution is 2.32. The predicted molar refractivity (Wildman–Crippen MR) is 63.6 cm³/mol. The summed E-state index contributed by atoms with van der Waals surface area (Å²) in [6.07, 6.45) is 1.41. The highest BCUT2D eigenvalue weighted by Gasteiger charge is 2.31. The van der Waals surface area contributed by atoms with Crippen LogP contribution in [0.5, 0.6) is 0 Å². The molecule has 0 bridgehead atoms. The van der Waals surface area contributed by atoms with Crippen molar-refractivity contribution in [3.05, 3.63) is 35.9 Å². The number of carbonyl (C=O) groups is 2. The molecule has 1 aliphatic rings. The molecule has 0 saturated heterocycles. The van der Waals surface area contributed by atoms with Crippen LogP contribution in [-0.2, 0) is 14.3 Å². The lowest BCUT2D eigenvalue weighted by Crippen LogP contribution is -2.32. The number of carbonyl (C=O) groups excluding carboxylic acids is 2. The molecule has 2 rings (SSSR count). The summed E-state index contributed by atoms with van der Waals surface area (Å²) in [5, 5.41) is 0. The van der Waals surface area contributed by atoms with Crippen molar-refractivity contribution < 1.29 is 14.3 Å². The van der Waals surface area contributed by atoms with E-state index in [2.05, 4.69) is 12.1 Å². The third-order valence-corrected chi connectivity index (χ3v) is 3.18. The number of esters is 1. The van der Waals surface area contributed by atoms with Gasteiger partial charge in [0.2, 0.25) is 0 Å². The Kier molecular flexibility index (Phi) is 3.57. The van der Waals surface area contributed by atoms with Gasteiger partial charge in [0.25, 0.3) is 0 Å². The molecule has 3 nitrogen and oxygen atoms in total. The maximum Gasteiger partial charge on any atom is 0.303 e. The van der Waals surface area contributed by atoms with Crippen LogP contribution in [0.4, 0.5) is 0 Å². The van der Waals surface area contributed by atoms with Crippen LogP contribution in [-0.4, -0.2) is 17.9 Å². The largest absolute Gasteiger partial charge is 0.455 e. The van der Waals surface area contributed by atoms with E-state index in [4.69, 9.17) is 4.74 Å². The van der Waals surface area contributed by atoms with Crippen LogP contribution in [0.25, 0.3) is 0 Å². The Bertz CT molecular complexity index is 411. The molecular formula is C14H16O3. The summed E-state index contributed by atoms with van der Waals surface area (Å²) in [6, 6.07) is 10.1. The molecule has 2 unspecified atom stereocenters. The number of ketones is 1. The van der Waals surface area contributed by atoms with E-state index >= 15 is 0 Å². The second-order valence-electron chi connectivity index (χ2n) is 4.45. The van der Waals surface area contributed by atoms with Crippen LogP contribution >= 0.6 is 0 Å². The fraction of sp³-hybridized carbons (Fsp3) is 0.429. The van der Waals surface area contributed by atoms with Gasteiger partial charge in [-0.25, -0.2) is 0 Å². The van der Waals surface area contributed by atoms with E-state index in [1.165, 1.54) is 12.5 Å². The summed E-state index contributed by atoms with van der Waals surface area (Å²) in [4.78, 5) is 22.6. The van der Waals surface area contributed by atoms with E-state index < -0.39 is 6.10 Å². The predicted octanol–water partition coefficient (Wildman–Crippen LogP) is 2.45. The van der Waals surface area contributed by atoms with E-state index in [-0.39, 0.29) is 11.8 Å². The molecule has 1 aliphatic carbocycles. The van der Waals surface area contributed by atoms with Gasteiger partial charge in [-0.3, -0.25) is 9.59 Å². The van der Waals surface area contributed by atoms with Crippen LogP contribution in [0, 0.1) is 0 Å². The highest BCUT2D eigenvalue weighted by molar-refractivity contribution is 5.86. The third-order valence-electron chi connectivity index (χ3n) is 3.18. The molecule has 0 amide bonds. The molecule has 17 heavy (non-hydrogen) atoms. The van der Waals surface area contributed by atoms with E-state index in [9.17, 15) is 9.59 Å². The lowest BCUT2D eigenvalue weighted by Gasteiger charge is -2.27. The maximum absolute atomic E-state index is 11.6. The van der Waals surface area contributed by atoms with Crippen molar-refractivity contribution in [3.63, 3.8) is 0 Å². The Balaban J connectivity index is 2.07. The van der Waals surface area contributed by atoms with Gasteiger partial charge >= 0.3 is 5.97 Å². The fourth-order valence-electron chi connectivity index (χ4n) is 2.33. The normalized spacial score (nSPS) is 24.4. The Morgan fingerprint density at radius 2 is 2.00 bits per heavy atom. The minimum atomic E-state index is -0.550. The SMILES string of the molecule is CC(=O)OC1CC(c2ccccc2)CCC1=O. The van der Waals surface area contributed by atoms with Crippen LogP contribution in [0.2, 0.25) is 0 Å². The van der Waals surface area contributed by atoms with Gasteiger partial charge in [0.1, 0.15) is 0 Å². The average molecular weight is 232 g/mol. The quantitative estimate of drug-likeness (QED) is 0.736. The van der Waals surface area contributed by atoms with Crippen molar-refractivity contribution in [3.8, 4) is 0 Å². The number of rotatable bonds is 2. The molecule has 0 N–H and O–H groups in total. The Morgan fingerprint density at radius 3 is 2.65 bits per heavy atom. The zero-order chi connectivity index (χ0) is 12.3. The van der Waals surface area contributed by atoms with Gasteiger partial charge in [-0.05, 0) is 24.3 Å². The molecule has 0 heterocycles. The molecule has 90 valence electrons. The van der Waals surface area contributed by atoms with Crippen LogP contribution < -0.4 is 0 Å². The second kappa shape index (κ2) is 5.13. The van der Waals surface area contributed by atoms with Crippen LogP contribution in [0.1, 0.15) is 37.7 Å². The first-order valence-corrected chi connectivity index (χ1v) is 5.91. The van der Waals surface area contributed by atoms with Gasteiger partial charge < -0.3 is 4.74 Å². The van der Waals surface area contributed by atoms with Crippen molar-refractivity contribution in [2.75, 3.05) is 0 Å². The lowest BCUT2D eigenvalue weighted by atomic mass is 9.82. The maximum atomic E-state index is 11.6. The smallest absolute Gasteiger partial charge is 0.303 e. The molecule has 0 spiro atoms. The van der Waals surface area contributed by atoms with Crippen molar-refractivity contribution in [2.24, 2.45) is 0 Å². The van der Waals surface area contributed by atoms with E-state index in [1.54, 1.807) is 0 Å². The number of benzene rings is 1. The van der Waals surface area contributed by atoms with Crippen LogP contribution in [0.3, 0.4) is 0 Å². The zero-order valence-electron chi connectivity index (χ0n) is 9.89. The number of hydrogen-bond donors (Lipinski definition) is 0. The Labute approximate surface area is 101 Å². The van der Waals surface area contributed by atoms with Gasteiger partial charge in [-0.1, -0.05) is 30.3 Å². The van der Waals surface area contributed by atoms with Crippen molar-refractivity contribution >= 4 is 11.8 Å². The minimum Gasteiger partial charge on any atom is -0.455 e. The summed E-state index contributed by atoms with van der Waals surface area (Å²) >= 11 is 0.